The van der Waals surface area contributed by atoms with Gasteiger partial charge in [-0.3, -0.25) is 0 Å². The summed E-state index contributed by atoms with van der Waals surface area (Å²) < 4.78 is 0. The number of allylic oxidation sites excluding steroid dienone is 2. The summed E-state index contributed by atoms with van der Waals surface area (Å²) in [6, 6.07) is 42.4. The molecular weight excluding hydrogens is 635 g/mol. The predicted molar refractivity (Wildman–Crippen MR) is 210 cm³/mol. The smallest absolute Gasteiger partial charge is 0.102 e. The minimum absolute atomic E-state index is 0.0358. The minimum atomic E-state index is -0.205. The number of para-hydroxylation sites is 2. The van der Waals surface area contributed by atoms with Gasteiger partial charge in [0, 0.05) is 56.7 Å². The maximum atomic E-state index is 11.0. The molecule has 5 unspecified atom stereocenters. The number of anilines is 4. The zero-order valence-corrected chi connectivity index (χ0v) is 29.9. The molecule has 2 heterocycles. The molecular formula is C47H39N5. The van der Waals surface area contributed by atoms with Crippen LogP contribution in [-0.2, 0) is 5.41 Å². The van der Waals surface area contributed by atoms with E-state index < -0.39 is 0 Å². The van der Waals surface area contributed by atoms with Crippen LogP contribution >= 0.6 is 0 Å². The number of nitriles is 3. The van der Waals surface area contributed by atoms with E-state index in [-0.39, 0.29) is 23.4 Å². The fraction of sp³-hybridized carbons (Fsp3) is 0.213. The molecule has 5 nitrogen and oxygen atoms in total. The van der Waals surface area contributed by atoms with Gasteiger partial charge < -0.3 is 9.80 Å². The molecule has 5 atom stereocenters. The molecule has 0 saturated heterocycles. The van der Waals surface area contributed by atoms with E-state index in [1.54, 1.807) is 0 Å². The number of rotatable bonds is 5. The van der Waals surface area contributed by atoms with Crippen LogP contribution in [0.3, 0.4) is 0 Å². The van der Waals surface area contributed by atoms with Gasteiger partial charge in [-0.1, -0.05) is 105 Å². The lowest BCUT2D eigenvalue weighted by Gasteiger charge is -2.42. The van der Waals surface area contributed by atoms with Crippen LogP contribution in [0.4, 0.5) is 22.7 Å². The highest BCUT2D eigenvalue weighted by atomic mass is 15.2. The van der Waals surface area contributed by atoms with Gasteiger partial charge in [-0.25, -0.2) is 0 Å². The van der Waals surface area contributed by atoms with Crippen LogP contribution in [0.15, 0.2) is 127 Å². The quantitative estimate of drug-likeness (QED) is 0.174. The van der Waals surface area contributed by atoms with Gasteiger partial charge in [0.25, 0.3) is 0 Å². The Hall–Kier alpha value is -6.35. The molecule has 2 aliphatic heterocycles. The molecule has 3 aliphatic rings. The summed E-state index contributed by atoms with van der Waals surface area (Å²) in [5.41, 5.74) is 11.2. The van der Waals surface area contributed by atoms with Crippen molar-refractivity contribution in [2.75, 3.05) is 9.80 Å². The number of benzene rings is 5. The standard InChI is InChI=1S/C47H39N5/c1-5-13-33-31(3)51(42-20-8-6-15-37(33)42)44-22-12-19-35(40(44)29-50)34-17-11-18-36(39(34)28-49)38-16-7-9-21-43(38)52-45-25-24-32(27-48)26-41(45)47(4)30(2)14-10-23-46(47)52/h5-13,15-26,30-31,33,46H,14H2,1-4H3/b13-5-. The SMILES string of the molecule is C/C=C\C1c2ccccc2N(c2cccc(-c3cccc(-c4ccccc4N4c5ccc(C#N)cc5C5(C)C(C)CC=CC45)c3C#N)c2C#N)C1C. The number of fused-ring (bicyclic) bond motifs is 4. The van der Waals surface area contributed by atoms with Gasteiger partial charge in [0.1, 0.15) is 12.1 Å². The van der Waals surface area contributed by atoms with Gasteiger partial charge in [0.2, 0.25) is 0 Å². The van der Waals surface area contributed by atoms with Crippen LogP contribution in [0.2, 0.25) is 0 Å². The third-order valence-corrected chi connectivity index (χ3v) is 11.9. The van der Waals surface area contributed by atoms with Crippen LogP contribution in [0.1, 0.15) is 67.9 Å². The van der Waals surface area contributed by atoms with E-state index in [9.17, 15) is 15.8 Å². The largest absolute Gasteiger partial charge is 0.336 e. The van der Waals surface area contributed by atoms with Gasteiger partial charge in [-0.05, 0) is 73.7 Å². The zero-order valence-electron chi connectivity index (χ0n) is 29.9. The van der Waals surface area contributed by atoms with Gasteiger partial charge in [-0.15, -0.1) is 0 Å². The van der Waals surface area contributed by atoms with Crippen molar-refractivity contribution in [3.63, 3.8) is 0 Å². The fourth-order valence-electron chi connectivity index (χ4n) is 9.17. The third-order valence-electron chi connectivity index (χ3n) is 11.9. The third kappa shape index (κ3) is 4.72. The summed E-state index contributed by atoms with van der Waals surface area (Å²) in [5.74, 6) is 0.553. The topological polar surface area (TPSA) is 77.8 Å². The second-order valence-electron chi connectivity index (χ2n) is 14.4. The highest BCUT2D eigenvalue weighted by molar-refractivity contribution is 5.93. The first-order valence-corrected chi connectivity index (χ1v) is 18.0. The van der Waals surface area contributed by atoms with Crippen LogP contribution in [0.25, 0.3) is 22.3 Å². The lowest BCUT2D eigenvalue weighted by molar-refractivity contribution is 0.290. The number of hydrogen-bond donors (Lipinski definition) is 0. The molecule has 0 spiro atoms. The fourth-order valence-corrected chi connectivity index (χ4v) is 9.17. The highest BCUT2D eigenvalue weighted by Crippen LogP contribution is 2.57. The molecule has 0 bridgehead atoms. The maximum Gasteiger partial charge on any atom is 0.102 e. The average molecular weight is 674 g/mol. The molecule has 5 heteroatoms. The molecule has 5 aromatic carbocycles. The lowest BCUT2D eigenvalue weighted by atomic mass is 9.65. The first-order chi connectivity index (χ1) is 25.4. The van der Waals surface area contributed by atoms with Gasteiger partial charge in [0.05, 0.1) is 34.5 Å². The van der Waals surface area contributed by atoms with E-state index in [0.717, 1.165) is 51.4 Å². The van der Waals surface area contributed by atoms with Crippen LogP contribution in [0, 0.1) is 39.9 Å². The highest BCUT2D eigenvalue weighted by Gasteiger charge is 2.51. The molecule has 0 N–H and O–H groups in total. The van der Waals surface area contributed by atoms with E-state index in [1.807, 2.05) is 55.5 Å². The van der Waals surface area contributed by atoms with Crippen LogP contribution < -0.4 is 9.80 Å². The Morgan fingerprint density at radius 2 is 1.31 bits per heavy atom. The first-order valence-electron chi connectivity index (χ1n) is 18.0. The van der Waals surface area contributed by atoms with Crippen molar-refractivity contribution in [1.29, 1.82) is 15.8 Å². The lowest BCUT2D eigenvalue weighted by Crippen LogP contribution is -2.45. The van der Waals surface area contributed by atoms with Crippen molar-refractivity contribution < 1.29 is 0 Å². The van der Waals surface area contributed by atoms with Gasteiger partial charge in [0.15, 0.2) is 0 Å². The van der Waals surface area contributed by atoms with Crippen molar-refractivity contribution >= 4 is 22.7 Å². The molecule has 5 aromatic rings. The van der Waals surface area contributed by atoms with Crippen LogP contribution in [0.5, 0.6) is 0 Å². The molecule has 52 heavy (non-hydrogen) atoms. The molecule has 0 saturated carbocycles. The second-order valence-corrected chi connectivity index (χ2v) is 14.4. The van der Waals surface area contributed by atoms with E-state index in [2.05, 4.69) is 128 Å². The summed E-state index contributed by atoms with van der Waals surface area (Å²) in [7, 11) is 0. The van der Waals surface area contributed by atoms with Gasteiger partial charge >= 0.3 is 0 Å². The monoisotopic (exact) mass is 673 g/mol. The van der Waals surface area contributed by atoms with E-state index >= 15 is 0 Å². The molecule has 1 aliphatic carbocycles. The number of nitrogens with zero attached hydrogens (tertiary/aromatic N) is 5. The maximum absolute atomic E-state index is 11.0. The summed E-state index contributed by atoms with van der Waals surface area (Å²) in [5, 5.41) is 31.6. The Morgan fingerprint density at radius 1 is 0.673 bits per heavy atom. The summed E-state index contributed by atoms with van der Waals surface area (Å²) >= 11 is 0. The molecule has 0 radical (unpaired) electrons. The normalized spacial score (nSPS) is 22.7. The molecule has 8 rings (SSSR count). The Morgan fingerprint density at radius 3 is 2.04 bits per heavy atom. The first kappa shape index (κ1) is 32.8. The summed E-state index contributed by atoms with van der Waals surface area (Å²) in [6.45, 7) is 8.88. The number of hydrogen-bond acceptors (Lipinski definition) is 5. The van der Waals surface area contributed by atoms with Crippen molar-refractivity contribution in [3.8, 4) is 40.5 Å². The molecule has 252 valence electrons. The Kier molecular flexibility index (Phi) is 8.06. The molecule has 0 aromatic heterocycles. The van der Waals surface area contributed by atoms with Crippen molar-refractivity contribution in [2.45, 2.75) is 57.5 Å². The molecule has 0 fully saturated rings. The predicted octanol–water partition coefficient (Wildman–Crippen LogP) is 11.2. The summed E-state index contributed by atoms with van der Waals surface area (Å²) in [4.78, 5) is 4.69. The minimum Gasteiger partial charge on any atom is -0.336 e. The summed E-state index contributed by atoms with van der Waals surface area (Å²) in [6.07, 6.45) is 9.90. The second kappa shape index (κ2) is 12.8. The zero-order chi connectivity index (χ0) is 36.1. The van der Waals surface area contributed by atoms with Crippen LogP contribution in [-0.4, -0.2) is 12.1 Å². The van der Waals surface area contributed by atoms with E-state index in [4.69, 9.17) is 0 Å². The Bertz CT molecular complexity index is 2430. The van der Waals surface area contributed by atoms with Crippen molar-refractivity contribution in [2.24, 2.45) is 5.92 Å². The van der Waals surface area contributed by atoms with Crippen molar-refractivity contribution in [1.82, 2.24) is 0 Å². The van der Waals surface area contributed by atoms with Gasteiger partial charge in [-0.2, -0.15) is 15.8 Å². The Balaban J connectivity index is 1.29. The van der Waals surface area contributed by atoms with E-state index in [1.165, 1.54) is 11.1 Å². The molecule has 0 amide bonds. The Labute approximate surface area is 306 Å². The van der Waals surface area contributed by atoms with Crippen molar-refractivity contribution in [3.05, 3.63) is 155 Å². The van der Waals surface area contributed by atoms with E-state index in [0.29, 0.717) is 22.6 Å². The average Bonchev–Trinajstić information content (AvgIpc) is 3.61.